The maximum atomic E-state index is 12.8. The molecule has 0 unspecified atom stereocenters. The van der Waals surface area contributed by atoms with E-state index in [0.29, 0.717) is 17.4 Å². The van der Waals surface area contributed by atoms with Gasteiger partial charge in [-0.1, -0.05) is 0 Å². The van der Waals surface area contributed by atoms with Crippen LogP contribution in [0, 0.1) is 5.92 Å². The van der Waals surface area contributed by atoms with E-state index in [1.54, 1.807) is 6.20 Å². The Hall–Kier alpha value is -1.62. The zero-order valence-electron chi connectivity index (χ0n) is 14.2. The number of hydrogen-bond acceptors (Lipinski definition) is 4. The van der Waals surface area contributed by atoms with Crippen LogP contribution in [0.2, 0.25) is 0 Å². The normalized spacial score (nSPS) is 19.2. The first-order chi connectivity index (χ1) is 11.1. The quantitative estimate of drug-likeness (QED) is 0.847. The van der Waals surface area contributed by atoms with E-state index in [2.05, 4.69) is 29.5 Å². The first kappa shape index (κ1) is 16.2. The van der Waals surface area contributed by atoms with Crippen molar-refractivity contribution in [2.45, 2.75) is 51.6 Å². The Labute approximate surface area is 138 Å². The molecule has 1 aliphatic carbocycles. The maximum absolute atomic E-state index is 12.8. The molecule has 5 nitrogen and oxygen atoms in total. The summed E-state index contributed by atoms with van der Waals surface area (Å²) in [6, 6.07) is 4.54. The minimum absolute atomic E-state index is 0.0990. The summed E-state index contributed by atoms with van der Waals surface area (Å²) in [5, 5.41) is 6.93. The Morgan fingerprint density at radius 2 is 2.04 bits per heavy atom. The van der Waals surface area contributed by atoms with Crippen LogP contribution >= 0.6 is 0 Å². The van der Waals surface area contributed by atoms with Gasteiger partial charge in [0.05, 0.1) is 5.56 Å². The van der Waals surface area contributed by atoms with Crippen molar-refractivity contribution >= 4 is 11.7 Å². The number of anilines is 1. The molecule has 2 N–H and O–H groups in total. The number of aromatic nitrogens is 1. The van der Waals surface area contributed by atoms with E-state index in [1.165, 1.54) is 12.8 Å². The van der Waals surface area contributed by atoms with Gasteiger partial charge in [0, 0.05) is 31.4 Å². The molecular weight excluding hydrogens is 288 g/mol. The second-order valence-electron chi connectivity index (χ2n) is 7.12. The molecule has 1 aliphatic heterocycles. The van der Waals surface area contributed by atoms with E-state index in [4.69, 9.17) is 0 Å². The summed E-state index contributed by atoms with van der Waals surface area (Å²) in [5.74, 6) is 1.71. The lowest BCUT2D eigenvalue weighted by Gasteiger charge is -2.33. The topological polar surface area (TPSA) is 57.3 Å². The van der Waals surface area contributed by atoms with Gasteiger partial charge in [-0.05, 0) is 64.1 Å². The van der Waals surface area contributed by atoms with E-state index < -0.39 is 0 Å². The molecule has 1 aromatic heterocycles. The number of amides is 1. The van der Waals surface area contributed by atoms with Gasteiger partial charge in [0.1, 0.15) is 5.82 Å². The van der Waals surface area contributed by atoms with Gasteiger partial charge >= 0.3 is 0 Å². The molecule has 23 heavy (non-hydrogen) atoms. The molecule has 2 aliphatic rings. The highest BCUT2D eigenvalue weighted by molar-refractivity contribution is 5.98. The highest BCUT2D eigenvalue weighted by Gasteiger charge is 2.27. The van der Waals surface area contributed by atoms with E-state index >= 15 is 0 Å². The number of carbonyl (C=O) groups excluding carboxylic acids is 1. The molecule has 126 valence electrons. The lowest BCUT2D eigenvalue weighted by atomic mass is 10.0. The lowest BCUT2D eigenvalue weighted by Crippen LogP contribution is -2.45. The van der Waals surface area contributed by atoms with Crippen LogP contribution in [0.4, 0.5) is 5.82 Å². The smallest absolute Gasteiger partial charge is 0.257 e. The van der Waals surface area contributed by atoms with Crippen molar-refractivity contribution < 1.29 is 4.79 Å². The molecular formula is C18H28N4O. The average molecular weight is 316 g/mol. The third-order valence-electron chi connectivity index (χ3n) is 4.64. The minimum Gasteiger partial charge on any atom is -0.367 e. The summed E-state index contributed by atoms with van der Waals surface area (Å²) in [4.78, 5) is 19.1. The van der Waals surface area contributed by atoms with Crippen LogP contribution in [-0.2, 0) is 0 Å². The van der Waals surface area contributed by atoms with Gasteiger partial charge in [0.25, 0.3) is 5.91 Å². The van der Waals surface area contributed by atoms with Crippen LogP contribution in [0.1, 0.15) is 49.9 Å². The largest absolute Gasteiger partial charge is 0.367 e. The fourth-order valence-electron chi connectivity index (χ4n) is 3.08. The molecule has 5 heteroatoms. The Morgan fingerprint density at radius 3 is 2.70 bits per heavy atom. The number of nitrogens with one attached hydrogen (secondary N) is 2. The molecule has 2 heterocycles. The number of carbonyl (C=O) groups is 1. The second kappa shape index (κ2) is 7.30. The van der Waals surface area contributed by atoms with Crippen molar-refractivity contribution in [1.29, 1.82) is 0 Å². The summed E-state index contributed by atoms with van der Waals surface area (Å²) < 4.78 is 0. The molecule has 0 aromatic carbocycles. The number of piperidine rings is 1. The Kier molecular flexibility index (Phi) is 5.16. The zero-order valence-corrected chi connectivity index (χ0v) is 14.2. The molecule has 1 aromatic rings. The van der Waals surface area contributed by atoms with Crippen molar-refractivity contribution in [3.8, 4) is 0 Å². The first-order valence-corrected chi connectivity index (χ1v) is 8.87. The van der Waals surface area contributed by atoms with E-state index in [9.17, 15) is 4.79 Å². The van der Waals surface area contributed by atoms with Gasteiger partial charge in [-0.2, -0.15) is 0 Å². The fraction of sp³-hybridized carbons (Fsp3) is 0.667. The van der Waals surface area contributed by atoms with Crippen LogP contribution in [0.15, 0.2) is 18.3 Å². The number of rotatable bonds is 6. The van der Waals surface area contributed by atoms with Gasteiger partial charge in [0.2, 0.25) is 0 Å². The molecule has 1 saturated carbocycles. The highest BCUT2D eigenvalue weighted by Crippen LogP contribution is 2.28. The lowest BCUT2D eigenvalue weighted by molar-refractivity contribution is 0.0705. The van der Waals surface area contributed by atoms with Gasteiger partial charge in [-0.25, -0.2) is 4.98 Å². The molecule has 0 radical (unpaired) electrons. The average Bonchev–Trinajstić information content (AvgIpc) is 3.37. The molecule has 1 amide bonds. The molecule has 0 atom stereocenters. The standard InChI is InChI=1S/C18H28N4O/c1-13(2)21-17-16(4-3-9-19-17)18(23)22-10-7-15(8-11-22)20-12-14-5-6-14/h3-4,9,13-15,20H,5-8,10-12H2,1-2H3,(H,19,21). The Bertz CT molecular complexity index is 534. The first-order valence-electron chi connectivity index (χ1n) is 8.87. The molecule has 1 saturated heterocycles. The third kappa shape index (κ3) is 4.44. The maximum Gasteiger partial charge on any atom is 0.257 e. The van der Waals surface area contributed by atoms with Gasteiger partial charge in [-0.15, -0.1) is 0 Å². The summed E-state index contributed by atoms with van der Waals surface area (Å²) in [6.45, 7) is 6.93. The van der Waals surface area contributed by atoms with Gasteiger partial charge < -0.3 is 15.5 Å². The number of nitrogens with zero attached hydrogens (tertiary/aromatic N) is 2. The third-order valence-corrected chi connectivity index (χ3v) is 4.64. The number of likely N-dealkylation sites (tertiary alicyclic amines) is 1. The summed E-state index contributed by atoms with van der Waals surface area (Å²) in [5.41, 5.74) is 0.686. The Morgan fingerprint density at radius 1 is 1.30 bits per heavy atom. The molecule has 2 fully saturated rings. The van der Waals surface area contributed by atoms with Crippen LogP contribution in [-0.4, -0.2) is 47.5 Å². The summed E-state index contributed by atoms with van der Waals surface area (Å²) in [6.07, 6.45) is 6.60. The van der Waals surface area contributed by atoms with Gasteiger partial charge in [0.15, 0.2) is 0 Å². The molecule has 0 bridgehead atoms. The monoisotopic (exact) mass is 316 g/mol. The Balaban J connectivity index is 1.56. The fourth-order valence-corrected chi connectivity index (χ4v) is 3.08. The zero-order chi connectivity index (χ0) is 16.2. The second-order valence-corrected chi connectivity index (χ2v) is 7.12. The molecule has 3 rings (SSSR count). The van der Waals surface area contributed by atoms with E-state index in [0.717, 1.165) is 38.4 Å². The van der Waals surface area contributed by atoms with Crippen molar-refractivity contribution in [2.75, 3.05) is 25.0 Å². The van der Waals surface area contributed by atoms with Gasteiger partial charge in [-0.3, -0.25) is 4.79 Å². The number of hydrogen-bond donors (Lipinski definition) is 2. The summed E-state index contributed by atoms with van der Waals surface area (Å²) >= 11 is 0. The summed E-state index contributed by atoms with van der Waals surface area (Å²) in [7, 11) is 0. The van der Waals surface area contributed by atoms with Crippen LogP contribution in [0.5, 0.6) is 0 Å². The van der Waals surface area contributed by atoms with Crippen LogP contribution in [0.3, 0.4) is 0 Å². The van der Waals surface area contributed by atoms with Crippen molar-refractivity contribution in [1.82, 2.24) is 15.2 Å². The van der Waals surface area contributed by atoms with Crippen molar-refractivity contribution in [3.05, 3.63) is 23.9 Å². The minimum atomic E-state index is 0.0990. The van der Waals surface area contributed by atoms with Crippen LogP contribution < -0.4 is 10.6 Å². The van der Waals surface area contributed by atoms with E-state index in [1.807, 2.05) is 17.0 Å². The van der Waals surface area contributed by atoms with Crippen molar-refractivity contribution in [3.63, 3.8) is 0 Å². The SMILES string of the molecule is CC(C)Nc1ncccc1C(=O)N1CCC(NCC2CC2)CC1. The van der Waals surface area contributed by atoms with Crippen molar-refractivity contribution in [2.24, 2.45) is 5.92 Å². The predicted octanol–water partition coefficient (Wildman–Crippen LogP) is 2.51. The highest BCUT2D eigenvalue weighted by atomic mass is 16.2. The van der Waals surface area contributed by atoms with E-state index in [-0.39, 0.29) is 11.9 Å². The molecule has 0 spiro atoms. The van der Waals surface area contributed by atoms with Crippen LogP contribution in [0.25, 0.3) is 0 Å². The predicted molar refractivity (Wildman–Crippen MR) is 92.6 cm³/mol. The number of pyridine rings is 1.